The Morgan fingerprint density at radius 3 is 2.53 bits per heavy atom. The highest BCUT2D eigenvalue weighted by Gasteiger charge is 2.31. The van der Waals surface area contributed by atoms with Crippen LogP contribution in [0.1, 0.15) is 18.1 Å². The molecule has 0 saturated carbocycles. The van der Waals surface area contributed by atoms with Crippen molar-refractivity contribution < 1.29 is 32.4 Å². The molecule has 2 aromatic rings. The van der Waals surface area contributed by atoms with Crippen LogP contribution in [0.2, 0.25) is 5.02 Å². The summed E-state index contributed by atoms with van der Waals surface area (Å²) in [5.41, 5.74) is -1.16. The molecule has 0 aliphatic carbocycles. The number of halogens is 4. The van der Waals surface area contributed by atoms with Crippen LogP contribution in [0.3, 0.4) is 0 Å². The van der Waals surface area contributed by atoms with Crippen LogP contribution in [0, 0.1) is 10.1 Å². The maximum atomic E-state index is 12.7. The summed E-state index contributed by atoms with van der Waals surface area (Å²) in [6.07, 6.45) is -5.10. The summed E-state index contributed by atoms with van der Waals surface area (Å²) in [5, 5.41) is 13.6. The van der Waals surface area contributed by atoms with Crippen LogP contribution >= 0.6 is 11.6 Å². The number of rotatable bonds is 8. The summed E-state index contributed by atoms with van der Waals surface area (Å²) < 4.78 is 48.7. The fraction of sp³-hybridized carbons (Fsp3) is 0.316. The van der Waals surface area contributed by atoms with E-state index in [-0.39, 0.29) is 46.8 Å². The van der Waals surface area contributed by atoms with E-state index in [2.05, 4.69) is 5.32 Å². The Hall–Kier alpha value is -2.85. The van der Waals surface area contributed by atoms with Crippen molar-refractivity contribution in [2.75, 3.05) is 13.7 Å². The quantitative estimate of drug-likeness (QED) is 0.466. The number of nitrogens with one attached hydrogen (secondary N) is 1. The average molecular weight is 447 g/mol. The smallest absolute Gasteiger partial charge is 0.416 e. The minimum Gasteiger partial charge on any atom is -0.456 e. The van der Waals surface area contributed by atoms with Crippen LogP contribution in [-0.2, 0) is 22.1 Å². The highest BCUT2D eigenvalue weighted by Crippen LogP contribution is 2.37. The molecule has 0 spiro atoms. The Morgan fingerprint density at radius 1 is 1.27 bits per heavy atom. The SMILES string of the molecule is COC(C)CNC(=O)Cc1cc(Oc2ccc(C(F)(F)F)cc2Cl)ccc1[N+](=O)[O-]. The molecule has 0 aliphatic rings. The zero-order valence-corrected chi connectivity index (χ0v) is 16.7. The summed E-state index contributed by atoms with van der Waals surface area (Å²) in [7, 11) is 1.48. The predicted octanol–water partition coefficient (Wildman–Crippen LogP) is 4.75. The van der Waals surface area contributed by atoms with Gasteiger partial charge in [0.1, 0.15) is 11.5 Å². The molecule has 11 heteroatoms. The number of nitrogens with zero attached hydrogens (tertiary/aromatic N) is 1. The molecule has 1 N–H and O–H groups in total. The average Bonchev–Trinajstić information content (AvgIpc) is 2.66. The molecule has 0 bridgehead atoms. The number of hydrogen-bond donors (Lipinski definition) is 1. The third kappa shape index (κ3) is 6.33. The summed E-state index contributed by atoms with van der Waals surface area (Å²) >= 11 is 5.87. The molecular formula is C19H18ClF3N2O5. The Balaban J connectivity index is 2.23. The molecule has 0 fully saturated rings. The van der Waals surface area contributed by atoms with Crippen molar-refractivity contribution in [1.29, 1.82) is 0 Å². The molecule has 7 nitrogen and oxygen atoms in total. The van der Waals surface area contributed by atoms with Crippen LogP contribution in [0.15, 0.2) is 36.4 Å². The Morgan fingerprint density at radius 2 is 1.97 bits per heavy atom. The molecule has 1 amide bonds. The van der Waals surface area contributed by atoms with Crippen molar-refractivity contribution >= 4 is 23.2 Å². The lowest BCUT2D eigenvalue weighted by molar-refractivity contribution is -0.385. The number of carbonyl (C=O) groups is 1. The van der Waals surface area contributed by atoms with Gasteiger partial charge in [-0.2, -0.15) is 13.2 Å². The molecule has 162 valence electrons. The molecule has 0 aromatic heterocycles. The Kier molecular flexibility index (Phi) is 7.63. The number of ether oxygens (including phenoxy) is 2. The first kappa shape index (κ1) is 23.4. The van der Waals surface area contributed by atoms with Gasteiger partial charge in [0.15, 0.2) is 0 Å². The first-order valence-corrected chi connectivity index (χ1v) is 9.00. The highest BCUT2D eigenvalue weighted by molar-refractivity contribution is 6.32. The van der Waals surface area contributed by atoms with Crippen molar-refractivity contribution in [1.82, 2.24) is 5.32 Å². The normalized spacial score (nSPS) is 12.3. The number of carbonyl (C=O) groups excluding carboxylic acids is 1. The number of nitro groups is 1. The van der Waals surface area contributed by atoms with E-state index >= 15 is 0 Å². The van der Waals surface area contributed by atoms with Gasteiger partial charge in [-0.3, -0.25) is 14.9 Å². The third-order valence-electron chi connectivity index (χ3n) is 4.07. The van der Waals surface area contributed by atoms with Crippen LogP contribution in [0.25, 0.3) is 0 Å². The maximum Gasteiger partial charge on any atom is 0.416 e. The van der Waals surface area contributed by atoms with Crippen LogP contribution in [0.4, 0.5) is 18.9 Å². The predicted molar refractivity (Wildman–Crippen MR) is 103 cm³/mol. The van der Waals surface area contributed by atoms with Gasteiger partial charge < -0.3 is 14.8 Å². The zero-order valence-electron chi connectivity index (χ0n) is 16.0. The summed E-state index contributed by atoms with van der Waals surface area (Å²) in [4.78, 5) is 22.7. The number of benzene rings is 2. The van der Waals surface area contributed by atoms with E-state index in [9.17, 15) is 28.1 Å². The fourth-order valence-electron chi connectivity index (χ4n) is 2.41. The lowest BCUT2D eigenvalue weighted by Gasteiger charge is -2.13. The van der Waals surface area contributed by atoms with Gasteiger partial charge in [-0.1, -0.05) is 11.6 Å². The van der Waals surface area contributed by atoms with Gasteiger partial charge in [-0.05, 0) is 37.3 Å². The van der Waals surface area contributed by atoms with E-state index in [0.29, 0.717) is 6.07 Å². The third-order valence-corrected chi connectivity index (χ3v) is 4.37. The van der Waals surface area contributed by atoms with E-state index < -0.39 is 22.6 Å². The van der Waals surface area contributed by atoms with E-state index in [0.717, 1.165) is 18.2 Å². The molecule has 1 unspecified atom stereocenters. The lowest BCUT2D eigenvalue weighted by atomic mass is 10.1. The van der Waals surface area contributed by atoms with E-state index in [1.54, 1.807) is 6.92 Å². The molecule has 0 saturated heterocycles. The standard InChI is InChI=1S/C19H18ClF3N2O5/c1-11(29-2)10-24-18(26)8-12-7-14(4-5-16(12)25(27)28)30-17-6-3-13(9-15(17)20)19(21,22)23/h3-7,9,11H,8,10H2,1-2H3,(H,24,26). The van der Waals surface area contributed by atoms with Gasteiger partial charge in [0.25, 0.3) is 5.69 Å². The molecule has 0 radical (unpaired) electrons. The Labute approximate surface area is 174 Å². The van der Waals surface area contributed by atoms with Gasteiger partial charge in [0.2, 0.25) is 5.91 Å². The highest BCUT2D eigenvalue weighted by atomic mass is 35.5. The second-order valence-corrected chi connectivity index (χ2v) is 6.73. The molecule has 0 heterocycles. The molecular weight excluding hydrogens is 429 g/mol. The number of alkyl halides is 3. The molecule has 2 aromatic carbocycles. The second kappa shape index (κ2) is 9.77. The van der Waals surface area contributed by atoms with E-state index in [1.165, 1.54) is 19.2 Å². The van der Waals surface area contributed by atoms with Crippen molar-refractivity contribution in [3.8, 4) is 11.5 Å². The zero-order chi connectivity index (χ0) is 22.5. The van der Waals surface area contributed by atoms with Gasteiger partial charge in [0, 0.05) is 25.3 Å². The van der Waals surface area contributed by atoms with Gasteiger partial charge in [0.05, 0.1) is 28.0 Å². The van der Waals surface area contributed by atoms with Crippen molar-refractivity contribution in [3.05, 3.63) is 62.7 Å². The van der Waals surface area contributed by atoms with Gasteiger partial charge in [-0.25, -0.2) is 0 Å². The van der Waals surface area contributed by atoms with Crippen molar-refractivity contribution in [2.24, 2.45) is 0 Å². The van der Waals surface area contributed by atoms with E-state index in [1.807, 2.05) is 0 Å². The van der Waals surface area contributed by atoms with E-state index in [4.69, 9.17) is 21.1 Å². The number of methoxy groups -OCH3 is 1. The number of hydrogen-bond acceptors (Lipinski definition) is 5. The number of nitro benzene ring substituents is 1. The lowest BCUT2D eigenvalue weighted by Crippen LogP contribution is -2.32. The summed E-state index contributed by atoms with van der Waals surface area (Å²) in [5.74, 6) is -0.454. The minimum atomic E-state index is -4.56. The molecule has 1 atom stereocenters. The van der Waals surface area contributed by atoms with Gasteiger partial charge >= 0.3 is 6.18 Å². The fourth-order valence-corrected chi connectivity index (χ4v) is 2.63. The first-order valence-electron chi connectivity index (χ1n) is 8.62. The minimum absolute atomic E-state index is 0.0668. The van der Waals surface area contributed by atoms with Crippen LogP contribution in [0.5, 0.6) is 11.5 Å². The Bertz CT molecular complexity index is 937. The second-order valence-electron chi connectivity index (χ2n) is 6.32. The topological polar surface area (TPSA) is 90.7 Å². The van der Waals surface area contributed by atoms with Crippen LogP contribution in [-0.4, -0.2) is 30.6 Å². The van der Waals surface area contributed by atoms with Crippen LogP contribution < -0.4 is 10.1 Å². The summed E-state index contributed by atoms with van der Waals surface area (Å²) in [6.45, 7) is 1.96. The first-order chi connectivity index (χ1) is 14.0. The van der Waals surface area contributed by atoms with Gasteiger partial charge in [-0.15, -0.1) is 0 Å². The largest absolute Gasteiger partial charge is 0.456 e. The molecule has 30 heavy (non-hydrogen) atoms. The molecule has 0 aliphatic heterocycles. The monoisotopic (exact) mass is 446 g/mol. The summed E-state index contributed by atoms with van der Waals surface area (Å²) in [6, 6.07) is 6.25. The number of amides is 1. The maximum absolute atomic E-state index is 12.7. The van der Waals surface area contributed by atoms with Crippen molar-refractivity contribution in [2.45, 2.75) is 25.6 Å². The van der Waals surface area contributed by atoms with Crippen molar-refractivity contribution in [3.63, 3.8) is 0 Å². The molecule has 2 rings (SSSR count).